The summed E-state index contributed by atoms with van der Waals surface area (Å²) in [5.41, 5.74) is 0. The molecular weight excluding hydrogens is 238 g/mol. The number of ether oxygens (including phenoxy) is 1. The van der Waals surface area contributed by atoms with Gasteiger partial charge in [0.1, 0.15) is 0 Å². The number of nitrogens with zero attached hydrogens (tertiary/aromatic N) is 1. The molecule has 0 aromatic carbocycles. The second kappa shape index (κ2) is 6.55. The molecule has 1 saturated carbocycles. The maximum atomic E-state index is 10.3. The Bertz CT molecular complexity index is 272. The first kappa shape index (κ1) is 15.3. The standard InChI is InChI=1S/C16H31NO2/c1-11(2)14-5-6-16(18)15(7-14)10-17-8-12(3)19-13(4)9-17/h11-16,18H,5-10H2,1-4H3. The lowest BCUT2D eigenvalue weighted by molar-refractivity contribution is -0.0811. The van der Waals surface area contributed by atoms with E-state index in [2.05, 4.69) is 32.6 Å². The predicted octanol–water partition coefficient (Wildman–Crippen LogP) is 2.53. The fraction of sp³-hybridized carbons (Fsp3) is 1.00. The molecule has 0 spiro atoms. The van der Waals surface area contributed by atoms with Gasteiger partial charge in [-0.2, -0.15) is 0 Å². The summed E-state index contributed by atoms with van der Waals surface area (Å²) >= 11 is 0. The van der Waals surface area contributed by atoms with E-state index in [-0.39, 0.29) is 6.10 Å². The molecule has 1 heterocycles. The third-order valence-electron chi connectivity index (χ3n) is 4.91. The van der Waals surface area contributed by atoms with Crippen molar-refractivity contribution in [2.75, 3.05) is 19.6 Å². The van der Waals surface area contributed by atoms with Crippen LogP contribution in [0.3, 0.4) is 0 Å². The van der Waals surface area contributed by atoms with E-state index in [0.717, 1.165) is 37.9 Å². The number of morpholine rings is 1. The van der Waals surface area contributed by atoms with Crippen LogP contribution in [0.2, 0.25) is 0 Å². The second-order valence-corrected chi connectivity index (χ2v) is 7.12. The van der Waals surface area contributed by atoms with E-state index in [0.29, 0.717) is 18.1 Å². The lowest BCUT2D eigenvalue weighted by Gasteiger charge is -2.41. The Morgan fingerprint density at radius 2 is 1.79 bits per heavy atom. The normalized spacial score (nSPS) is 41.7. The van der Waals surface area contributed by atoms with Crippen LogP contribution in [-0.2, 0) is 4.74 Å². The number of hydrogen-bond donors (Lipinski definition) is 1. The van der Waals surface area contributed by atoms with E-state index in [4.69, 9.17) is 4.74 Å². The molecule has 0 bridgehead atoms. The minimum Gasteiger partial charge on any atom is -0.393 e. The zero-order valence-electron chi connectivity index (χ0n) is 13.0. The average Bonchev–Trinajstić information content (AvgIpc) is 2.30. The topological polar surface area (TPSA) is 32.7 Å². The van der Waals surface area contributed by atoms with Crippen LogP contribution < -0.4 is 0 Å². The summed E-state index contributed by atoms with van der Waals surface area (Å²) in [6, 6.07) is 0. The minimum atomic E-state index is -0.0940. The highest BCUT2D eigenvalue weighted by Crippen LogP contribution is 2.34. The SMILES string of the molecule is CC1CN(CC2CC(C(C)C)CCC2O)CC(C)O1. The van der Waals surface area contributed by atoms with Crippen LogP contribution in [0.15, 0.2) is 0 Å². The van der Waals surface area contributed by atoms with Gasteiger partial charge in [-0.15, -0.1) is 0 Å². The molecule has 112 valence electrons. The smallest absolute Gasteiger partial charge is 0.0678 e. The van der Waals surface area contributed by atoms with Crippen molar-refractivity contribution in [1.29, 1.82) is 0 Å². The highest BCUT2D eigenvalue weighted by Gasteiger charge is 2.33. The molecule has 3 nitrogen and oxygen atoms in total. The maximum absolute atomic E-state index is 10.3. The summed E-state index contributed by atoms with van der Waals surface area (Å²) in [5.74, 6) is 2.00. The molecule has 1 aliphatic carbocycles. The summed E-state index contributed by atoms with van der Waals surface area (Å²) in [7, 11) is 0. The van der Waals surface area contributed by atoms with Crippen molar-refractivity contribution < 1.29 is 9.84 Å². The van der Waals surface area contributed by atoms with E-state index >= 15 is 0 Å². The maximum Gasteiger partial charge on any atom is 0.0678 e. The zero-order chi connectivity index (χ0) is 14.0. The molecule has 2 rings (SSSR count). The molecule has 5 atom stereocenters. The van der Waals surface area contributed by atoms with Crippen LogP contribution in [0.25, 0.3) is 0 Å². The van der Waals surface area contributed by atoms with E-state index in [1.54, 1.807) is 0 Å². The van der Waals surface area contributed by atoms with Gasteiger partial charge in [-0.3, -0.25) is 4.90 Å². The van der Waals surface area contributed by atoms with E-state index < -0.39 is 0 Å². The summed E-state index contributed by atoms with van der Waals surface area (Å²) in [6.45, 7) is 12.0. The molecule has 2 fully saturated rings. The Kier molecular flexibility index (Phi) is 5.27. The van der Waals surface area contributed by atoms with Gasteiger partial charge in [-0.25, -0.2) is 0 Å². The van der Waals surface area contributed by atoms with Crippen molar-refractivity contribution in [2.45, 2.75) is 65.3 Å². The average molecular weight is 269 g/mol. The molecule has 5 unspecified atom stereocenters. The van der Waals surface area contributed by atoms with E-state index in [1.165, 1.54) is 12.8 Å². The second-order valence-electron chi connectivity index (χ2n) is 7.12. The van der Waals surface area contributed by atoms with E-state index in [1.807, 2.05) is 0 Å². The monoisotopic (exact) mass is 269 g/mol. The Morgan fingerprint density at radius 3 is 2.37 bits per heavy atom. The molecule has 1 saturated heterocycles. The number of rotatable bonds is 3. The lowest BCUT2D eigenvalue weighted by atomic mass is 9.74. The fourth-order valence-corrected chi connectivity index (χ4v) is 3.85. The first-order valence-electron chi connectivity index (χ1n) is 8.01. The third-order valence-corrected chi connectivity index (χ3v) is 4.91. The van der Waals surface area contributed by atoms with Crippen LogP contribution in [0.1, 0.15) is 47.0 Å². The van der Waals surface area contributed by atoms with Crippen molar-refractivity contribution in [1.82, 2.24) is 4.90 Å². The molecule has 1 aliphatic heterocycles. The summed E-state index contributed by atoms with van der Waals surface area (Å²) < 4.78 is 5.79. The van der Waals surface area contributed by atoms with Gasteiger partial charge < -0.3 is 9.84 Å². The molecule has 0 aromatic heterocycles. The summed E-state index contributed by atoms with van der Waals surface area (Å²) in [5, 5.41) is 10.3. The van der Waals surface area contributed by atoms with Crippen molar-refractivity contribution in [3.05, 3.63) is 0 Å². The highest BCUT2D eigenvalue weighted by molar-refractivity contribution is 4.85. The number of aliphatic hydroxyl groups excluding tert-OH is 1. The Balaban J connectivity index is 1.89. The molecule has 1 N–H and O–H groups in total. The molecule has 19 heavy (non-hydrogen) atoms. The van der Waals surface area contributed by atoms with Crippen LogP contribution in [0, 0.1) is 17.8 Å². The number of hydrogen-bond acceptors (Lipinski definition) is 3. The number of aliphatic hydroxyl groups is 1. The zero-order valence-corrected chi connectivity index (χ0v) is 13.0. The Morgan fingerprint density at radius 1 is 1.16 bits per heavy atom. The van der Waals surface area contributed by atoms with Crippen LogP contribution >= 0.6 is 0 Å². The largest absolute Gasteiger partial charge is 0.393 e. The van der Waals surface area contributed by atoms with Crippen LogP contribution in [-0.4, -0.2) is 48.0 Å². The van der Waals surface area contributed by atoms with E-state index in [9.17, 15) is 5.11 Å². The van der Waals surface area contributed by atoms with Gasteiger partial charge >= 0.3 is 0 Å². The summed E-state index contributed by atoms with van der Waals surface area (Å²) in [4.78, 5) is 2.50. The first-order chi connectivity index (χ1) is 8.95. The van der Waals surface area contributed by atoms with Gasteiger partial charge in [0, 0.05) is 19.6 Å². The van der Waals surface area contributed by atoms with Crippen LogP contribution in [0.4, 0.5) is 0 Å². The van der Waals surface area contributed by atoms with Gasteiger partial charge in [-0.1, -0.05) is 13.8 Å². The molecule has 0 amide bonds. The third kappa shape index (κ3) is 4.17. The Hall–Kier alpha value is -0.120. The minimum absolute atomic E-state index is 0.0940. The van der Waals surface area contributed by atoms with Gasteiger partial charge in [0.05, 0.1) is 18.3 Å². The van der Waals surface area contributed by atoms with Crippen molar-refractivity contribution in [3.8, 4) is 0 Å². The predicted molar refractivity (Wildman–Crippen MR) is 78.1 cm³/mol. The lowest BCUT2D eigenvalue weighted by Crippen LogP contribution is -2.49. The van der Waals surface area contributed by atoms with Crippen molar-refractivity contribution >= 4 is 0 Å². The highest BCUT2D eigenvalue weighted by atomic mass is 16.5. The Labute approximate surface area is 118 Å². The molecule has 0 aromatic rings. The first-order valence-corrected chi connectivity index (χ1v) is 8.01. The van der Waals surface area contributed by atoms with Gasteiger partial charge in [0.25, 0.3) is 0 Å². The van der Waals surface area contributed by atoms with Crippen molar-refractivity contribution in [3.63, 3.8) is 0 Å². The quantitative estimate of drug-likeness (QED) is 0.854. The molecule has 3 heteroatoms. The van der Waals surface area contributed by atoms with Crippen molar-refractivity contribution in [2.24, 2.45) is 17.8 Å². The van der Waals surface area contributed by atoms with Crippen LogP contribution in [0.5, 0.6) is 0 Å². The van der Waals surface area contributed by atoms with Gasteiger partial charge in [0.15, 0.2) is 0 Å². The van der Waals surface area contributed by atoms with Gasteiger partial charge in [-0.05, 0) is 50.9 Å². The molecular formula is C16H31NO2. The molecule has 2 aliphatic rings. The summed E-state index contributed by atoms with van der Waals surface area (Å²) in [6.07, 6.45) is 3.94. The fourth-order valence-electron chi connectivity index (χ4n) is 3.85. The van der Waals surface area contributed by atoms with Gasteiger partial charge in [0.2, 0.25) is 0 Å². The molecule has 0 radical (unpaired) electrons.